The van der Waals surface area contributed by atoms with Crippen LogP contribution in [0.15, 0.2) is 46.4 Å². The largest absolute Gasteiger partial charge is 0.495 e. The summed E-state index contributed by atoms with van der Waals surface area (Å²) in [5, 5.41) is 4.08. The summed E-state index contributed by atoms with van der Waals surface area (Å²) in [4.78, 5) is 2.04. The maximum atomic E-state index is 12.5. The Morgan fingerprint density at radius 3 is 2.33 bits per heavy atom. The monoisotopic (exact) mass is 412 g/mol. The topological polar surface area (TPSA) is 86.2 Å². The van der Waals surface area contributed by atoms with Crippen molar-refractivity contribution in [2.24, 2.45) is 5.10 Å². The van der Waals surface area contributed by atoms with E-state index in [2.05, 4.69) is 9.93 Å². The molecule has 0 atom stereocenters. The summed E-state index contributed by atoms with van der Waals surface area (Å²) in [6.45, 7) is 3.79. The molecule has 0 heterocycles. The Hall–Kier alpha value is -2.45. The molecular weight excluding hydrogens is 392 g/mol. The van der Waals surface area contributed by atoms with E-state index in [1.165, 1.54) is 31.5 Å². The Bertz CT molecular complexity index is 929. The van der Waals surface area contributed by atoms with Gasteiger partial charge in [0.1, 0.15) is 10.6 Å². The SMILES string of the molecule is COc1ccc(/C=N/NS(=O)(=O)c2cc(Cl)ccc2OC)cc1OC(C)C. The minimum Gasteiger partial charge on any atom is -0.495 e. The molecule has 0 aliphatic heterocycles. The lowest BCUT2D eigenvalue weighted by Crippen LogP contribution is -2.19. The van der Waals surface area contributed by atoms with E-state index in [4.69, 9.17) is 25.8 Å². The second-order valence-electron chi connectivity index (χ2n) is 5.73. The van der Waals surface area contributed by atoms with Crippen molar-refractivity contribution in [3.63, 3.8) is 0 Å². The zero-order chi connectivity index (χ0) is 20.0. The molecule has 0 aromatic heterocycles. The maximum absolute atomic E-state index is 12.5. The fourth-order valence-corrected chi connectivity index (χ4v) is 3.42. The van der Waals surface area contributed by atoms with Crippen molar-refractivity contribution in [2.45, 2.75) is 24.8 Å². The lowest BCUT2D eigenvalue weighted by Gasteiger charge is -2.13. The van der Waals surface area contributed by atoms with Crippen LogP contribution in [0.4, 0.5) is 0 Å². The normalized spacial score (nSPS) is 11.6. The molecule has 7 nitrogen and oxygen atoms in total. The number of hydrogen-bond donors (Lipinski definition) is 1. The van der Waals surface area contributed by atoms with Gasteiger partial charge in [-0.2, -0.15) is 18.4 Å². The molecule has 0 unspecified atom stereocenters. The highest BCUT2D eigenvalue weighted by Gasteiger charge is 2.19. The molecule has 0 spiro atoms. The molecule has 0 saturated heterocycles. The van der Waals surface area contributed by atoms with Crippen LogP contribution >= 0.6 is 11.6 Å². The van der Waals surface area contributed by atoms with E-state index in [1.807, 2.05) is 13.8 Å². The molecule has 0 bridgehead atoms. The molecule has 0 aliphatic rings. The highest BCUT2D eigenvalue weighted by molar-refractivity contribution is 7.89. The van der Waals surface area contributed by atoms with Crippen molar-refractivity contribution in [1.82, 2.24) is 4.83 Å². The van der Waals surface area contributed by atoms with E-state index in [0.717, 1.165) is 0 Å². The number of hydrogen-bond acceptors (Lipinski definition) is 6. The molecule has 2 aromatic rings. The highest BCUT2D eigenvalue weighted by Crippen LogP contribution is 2.29. The van der Waals surface area contributed by atoms with Gasteiger partial charge in [-0.1, -0.05) is 11.6 Å². The van der Waals surface area contributed by atoms with Crippen LogP contribution < -0.4 is 19.0 Å². The van der Waals surface area contributed by atoms with E-state index in [9.17, 15) is 8.42 Å². The van der Waals surface area contributed by atoms with Gasteiger partial charge >= 0.3 is 0 Å². The van der Waals surface area contributed by atoms with Crippen LogP contribution in [-0.2, 0) is 10.0 Å². The van der Waals surface area contributed by atoms with Gasteiger partial charge in [-0.25, -0.2) is 0 Å². The number of nitrogens with zero attached hydrogens (tertiary/aromatic N) is 1. The Kier molecular flexibility index (Phi) is 6.92. The van der Waals surface area contributed by atoms with Crippen LogP contribution in [0.25, 0.3) is 0 Å². The van der Waals surface area contributed by atoms with Crippen LogP contribution in [0.1, 0.15) is 19.4 Å². The van der Waals surface area contributed by atoms with E-state index < -0.39 is 10.0 Å². The van der Waals surface area contributed by atoms with E-state index in [0.29, 0.717) is 17.1 Å². The van der Waals surface area contributed by atoms with Gasteiger partial charge in [0.2, 0.25) is 0 Å². The minimum absolute atomic E-state index is 0.0418. The summed E-state index contributed by atoms with van der Waals surface area (Å²) < 4.78 is 40.9. The number of nitrogens with one attached hydrogen (secondary N) is 1. The molecule has 146 valence electrons. The quantitative estimate of drug-likeness (QED) is 0.530. The fraction of sp³-hybridized carbons (Fsp3) is 0.278. The molecule has 27 heavy (non-hydrogen) atoms. The third-order valence-electron chi connectivity index (χ3n) is 3.35. The first-order chi connectivity index (χ1) is 12.8. The predicted molar refractivity (Wildman–Crippen MR) is 105 cm³/mol. The van der Waals surface area contributed by atoms with Crippen molar-refractivity contribution in [2.75, 3.05) is 14.2 Å². The van der Waals surface area contributed by atoms with Gasteiger partial charge in [-0.3, -0.25) is 0 Å². The first-order valence-electron chi connectivity index (χ1n) is 8.00. The second-order valence-corrected chi connectivity index (χ2v) is 7.79. The molecule has 0 radical (unpaired) electrons. The van der Waals surface area contributed by atoms with Crippen molar-refractivity contribution >= 4 is 27.8 Å². The molecule has 1 N–H and O–H groups in total. The van der Waals surface area contributed by atoms with Gasteiger partial charge in [0.25, 0.3) is 10.0 Å². The molecule has 9 heteroatoms. The lowest BCUT2D eigenvalue weighted by molar-refractivity contribution is 0.230. The molecule has 0 saturated carbocycles. The number of sulfonamides is 1. The third-order valence-corrected chi connectivity index (χ3v) is 4.83. The number of rotatable bonds is 8. The first kappa shape index (κ1) is 20.9. The standard InChI is InChI=1S/C18H21ClN2O5S/c1-12(2)26-17-9-13(5-7-15(17)24-3)11-20-21-27(22,23)18-10-14(19)6-8-16(18)25-4/h5-12,21H,1-4H3/b20-11+. The summed E-state index contributed by atoms with van der Waals surface area (Å²) >= 11 is 5.89. The van der Waals surface area contributed by atoms with E-state index >= 15 is 0 Å². The third kappa shape index (κ3) is 5.51. The summed E-state index contributed by atoms with van der Waals surface area (Å²) in [5.74, 6) is 1.28. The van der Waals surface area contributed by atoms with Crippen molar-refractivity contribution < 1.29 is 22.6 Å². The average Bonchev–Trinajstić information content (AvgIpc) is 2.61. The summed E-state index contributed by atoms with van der Waals surface area (Å²) in [5.41, 5.74) is 0.632. The number of benzene rings is 2. The Balaban J connectivity index is 2.23. The molecule has 0 aliphatic carbocycles. The number of hydrazone groups is 1. The number of ether oxygens (including phenoxy) is 3. The van der Waals surface area contributed by atoms with Gasteiger partial charge < -0.3 is 14.2 Å². The molecule has 0 fully saturated rings. The number of methoxy groups -OCH3 is 2. The summed E-state index contributed by atoms with van der Waals surface area (Å²) in [6.07, 6.45) is 1.32. The van der Waals surface area contributed by atoms with Gasteiger partial charge in [-0.05, 0) is 55.8 Å². The summed E-state index contributed by atoms with van der Waals surface area (Å²) in [7, 11) is -1.03. The predicted octanol–water partition coefficient (Wildman–Crippen LogP) is 3.46. The van der Waals surface area contributed by atoms with Gasteiger partial charge in [0.15, 0.2) is 11.5 Å². The van der Waals surface area contributed by atoms with Gasteiger partial charge in [0.05, 0.1) is 26.5 Å². The average molecular weight is 413 g/mol. The van der Waals surface area contributed by atoms with Crippen LogP contribution in [0.3, 0.4) is 0 Å². The smallest absolute Gasteiger partial charge is 0.280 e. The van der Waals surface area contributed by atoms with E-state index in [1.54, 1.807) is 25.3 Å². The van der Waals surface area contributed by atoms with Gasteiger partial charge in [0, 0.05) is 5.02 Å². The second kappa shape index (κ2) is 8.96. The van der Waals surface area contributed by atoms with Crippen LogP contribution in [0.2, 0.25) is 5.02 Å². The summed E-state index contributed by atoms with van der Waals surface area (Å²) in [6, 6.07) is 9.45. The van der Waals surface area contributed by atoms with E-state index in [-0.39, 0.29) is 21.8 Å². The van der Waals surface area contributed by atoms with Crippen LogP contribution in [0.5, 0.6) is 17.2 Å². The fourth-order valence-electron chi connectivity index (χ4n) is 2.20. The lowest BCUT2D eigenvalue weighted by atomic mass is 10.2. The molecule has 0 amide bonds. The highest BCUT2D eigenvalue weighted by atomic mass is 35.5. The zero-order valence-corrected chi connectivity index (χ0v) is 17.0. The Labute approximate surface area is 163 Å². The zero-order valence-electron chi connectivity index (χ0n) is 15.4. The molecular formula is C18H21ClN2O5S. The van der Waals surface area contributed by atoms with Crippen molar-refractivity contribution in [1.29, 1.82) is 0 Å². The van der Waals surface area contributed by atoms with Crippen molar-refractivity contribution in [3.8, 4) is 17.2 Å². The first-order valence-corrected chi connectivity index (χ1v) is 9.86. The van der Waals surface area contributed by atoms with Crippen LogP contribution in [0, 0.1) is 0 Å². The number of halogens is 1. The minimum atomic E-state index is -3.95. The van der Waals surface area contributed by atoms with Gasteiger partial charge in [-0.15, -0.1) is 0 Å². The molecule has 2 aromatic carbocycles. The molecule has 2 rings (SSSR count). The maximum Gasteiger partial charge on any atom is 0.280 e. The Morgan fingerprint density at radius 1 is 1.04 bits per heavy atom. The van der Waals surface area contributed by atoms with Crippen molar-refractivity contribution in [3.05, 3.63) is 47.0 Å². The van der Waals surface area contributed by atoms with Crippen LogP contribution in [-0.4, -0.2) is 35.0 Å². The Morgan fingerprint density at radius 2 is 1.70 bits per heavy atom.